The number of hydrogen-bond acceptors (Lipinski definition) is 5. The Hall–Kier alpha value is -4.48. The van der Waals surface area contributed by atoms with Gasteiger partial charge in [0, 0.05) is 43.3 Å². The number of aryl methyl sites for hydroxylation is 4. The summed E-state index contributed by atoms with van der Waals surface area (Å²) in [6, 6.07) is 34.0. The largest absolute Gasteiger partial charge is 0.498 e. The number of rotatable bonds is 3. The van der Waals surface area contributed by atoms with Crippen LogP contribution in [0.5, 0.6) is 0 Å². The molecule has 0 atom stereocenters. The van der Waals surface area contributed by atoms with Crippen molar-refractivity contribution in [1.82, 2.24) is 15.0 Å². The molecular weight excluding hydrogens is 847 g/mol. The van der Waals surface area contributed by atoms with Gasteiger partial charge in [0.05, 0.1) is 15.3 Å². The topological polar surface area (TPSA) is 51.8 Å². The fraction of sp³-hybridized carbons (Fsp3) is 0.255. The third kappa shape index (κ3) is 7.64. The van der Waals surface area contributed by atoms with Crippen molar-refractivity contribution in [2.45, 2.75) is 80.1 Å². The minimum Gasteiger partial charge on any atom is -0.498 e. The summed E-state index contributed by atoms with van der Waals surface area (Å²) in [6.07, 6.45) is 3.92. The van der Waals surface area contributed by atoms with Gasteiger partial charge in [-0.25, -0.2) is 4.98 Å². The molecule has 0 amide bonds. The number of pyridine rings is 2. The quantitative estimate of drug-likeness (QED) is 0.166. The Morgan fingerprint density at radius 3 is 2.02 bits per heavy atom. The van der Waals surface area contributed by atoms with Crippen molar-refractivity contribution in [3.05, 3.63) is 136 Å². The first-order chi connectivity index (χ1) is 24.7. The van der Waals surface area contributed by atoms with Crippen LogP contribution >= 0.6 is 11.3 Å². The Labute approximate surface area is 331 Å². The molecule has 4 aromatic heterocycles. The van der Waals surface area contributed by atoms with Crippen LogP contribution in [0.2, 0.25) is 0 Å². The number of furan rings is 1. The predicted octanol–water partition coefficient (Wildman–Crippen LogP) is 13.1. The van der Waals surface area contributed by atoms with E-state index in [0.29, 0.717) is 0 Å². The first-order valence-electron chi connectivity index (χ1n) is 17.8. The van der Waals surface area contributed by atoms with Crippen molar-refractivity contribution in [2.75, 3.05) is 0 Å². The van der Waals surface area contributed by atoms with Crippen molar-refractivity contribution in [3.63, 3.8) is 0 Å². The number of thiazole rings is 1. The van der Waals surface area contributed by atoms with E-state index in [1.54, 1.807) is 11.3 Å². The molecule has 0 spiro atoms. The molecule has 6 heteroatoms. The van der Waals surface area contributed by atoms with Gasteiger partial charge in [0.25, 0.3) is 0 Å². The molecule has 53 heavy (non-hydrogen) atoms. The summed E-state index contributed by atoms with van der Waals surface area (Å²) >= 11 is 1.74. The van der Waals surface area contributed by atoms with E-state index in [1.807, 2.05) is 43.6 Å². The molecule has 0 saturated carbocycles. The van der Waals surface area contributed by atoms with E-state index in [0.717, 1.165) is 59.7 Å². The Kier molecular flexibility index (Phi) is 10.6. The van der Waals surface area contributed by atoms with Crippen LogP contribution in [0.4, 0.5) is 0 Å². The maximum Gasteiger partial charge on any atom is 0.148 e. The van der Waals surface area contributed by atoms with Gasteiger partial charge >= 0.3 is 0 Å². The van der Waals surface area contributed by atoms with Crippen molar-refractivity contribution in [1.29, 1.82) is 0 Å². The van der Waals surface area contributed by atoms with Gasteiger partial charge in [-0.15, -0.1) is 64.9 Å². The van der Waals surface area contributed by atoms with Gasteiger partial charge < -0.3 is 14.4 Å². The number of hydrogen-bond donors (Lipinski definition) is 0. The molecule has 0 N–H and O–H groups in total. The molecule has 8 aromatic rings. The van der Waals surface area contributed by atoms with Gasteiger partial charge in [0.2, 0.25) is 0 Å². The second-order valence-electron chi connectivity index (χ2n) is 15.9. The van der Waals surface area contributed by atoms with Crippen molar-refractivity contribution in [3.8, 4) is 33.6 Å². The van der Waals surface area contributed by atoms with Crippen LogP contribution in [0.1, 0.15) is 74.4 Å². The maximum atomic E-state index is 6.64. The average molecular weight is 892 g/mol. The van der Waals surface area contributed by atoms with E-state index < -0.39 is 0 Å². The smallest absolute Gasteiger partial charge is 0.148 e. The molecule has 271 valence electrons. The Morgan fingerprint density at radius 2 is 1.38 bits per heavy atom. The van der Waals surface area contributed by atoms with Crippen molar-refractivity contribution >= 4 is 43.5 Å². The molecule has 0 bridgehead atoms. The van der Waals surface area contributed by atoms with Gasteiger partial charge in [-0.3, -0.25) is 0 Å². The fourth-order valence-corrected chi connectivity index (χ4v) is 7.65. The molecular formula is C47H45IrN3OS-2. The number of fused-ring (bicyclic) bond motifs is 5. The number of aromatic nitrogens is 3. The van der Waals surface area contributed by atoms with Crippen LogP contribution in [0.15, 0.2) is 95.7 Å². The minimum atomic E-state index is -0.0499. The fourth-order valence-electron chi connectivity index (χ4n) is 6.63. The molecule has 4 aromatic carbocycles. The second-order valence-corrected chi connectivity index (χ2v) is 16.9. The van der Waals surface area contributed by atoms with Crippen LogP contribution in [-0.4, -0.2) is 15.0 Å². The van der Waals surface area contributed by atoms with E-state index in [1.165, 1.54) is 38.9 Å². The zero-order valence-corrected chi connectivity index (χ0v) is 35.4. The number of benzene rings is 4. The molecule has 4 heterocycles. The van der Waals surface area contributed by atoms with Gasteiger partial charge in [0.1, 0.15) is 11.1 Å². The number of nitrogens with zero attached hydrogens (tertiary/aromatic N) is 3. The van der Waals surface area contributed by atoms with Gasteiger partial charge in [-0.05, 0) is 77.0 Å². The molecule has 0 saturated heterocycles. The maximum absolute atomic E-state index is 6.64. The molecule has 8 rings (SSSR count). The molecule has 0 unspecified atom stereocenters. The van der Waals surface area contributed by atoms with E-state index in [4.69, 9.17) is 14.4 Å². The minimum absolute atomic E-state index is 0. The molecule has 0 aliphatic rings. The summed E-state index contributed by atoms with van der Waals surface area (Å²) in [5.41, 5.74) is 15.0. The average Bonchev–Trinajstić information content (AvgIpc) is 3.71. The monoisotopic (exact) mass is 892 g/mol. The third-order valence-corrected chi connectivity index (χ3v) is 10.9. The normalized spacial score (nSPS) is 11.8. The van der Waals surface area contributed by atoms with Crippen LogP contribution in [-0.2, 0) is 30.9 Å². The summed E-state index contributed by atoms with van der Waals surface area (Å²) < 4.78 is 7.79. The van der Waals surface area contributed by atoms with Crippen LogP contribution < -0.4 is 0 Å². The van der Waals surface area contributed by atoms with Gasteiger partial charge in [-0.1, -0.05) is 102 Å². The zero-order valence-electron chi connectivity index (χ0n) is 32.2. The summed E-state index contributed by atoms with van der Waals surface area (Å²) in [6.45, 7) is 21.8. The molecule has 0 aliphatic carbocycles. The summed E-state index contributed by atoms with van der Waals surface area (Å²) in [5, 5.41) is 3.26. The summed E-state index contributed by atoms with van der Waals surface area (Å²) in [4.78, 5) is 14.3. The second kappa shape index (κ2) is 14.7. The predicted molar refractivity (Wildman–Crippen MR) is 219 cm³/mol. The third-order valence-electron chi connectivity index (χ3n) is 9.47. The first-order valence-corrected chi connectivity index (χ1v) is 18.7. The van der Waals surface area contributed by atoms with E-state index in [-0.39, 0.29) is 30.9 Å². The summed E-state index contributed by atoms with van der Waals surface area (Å²) in [5.74, 6) is 0. The van der Waals surface area contributed by atoms with Crippen LogP contribution in [0, 0.1) is 39.8 Å². The van der Waals surface area contributed by atoms with E-state index in [2.05, 4.69) is 134 Å². The van der Waals surface area contributed by atoms with Crippen molar-refractivity contribution in [2.24, 2.45) is 0 Å². The summed E-state index contributed by atoms with van der Waals surface area (Å²) in [7, 11) is 0. The van der Waals surface area contributed by atoms with Gasteiger partial charge in [0.15, 0.2) is 0 Å². The van der Waals surface area contributed by atoms with Crippen molar-refractivity contribution < 1.29 is 24.5 Å². The molecule has 4 nitrogen and oxygen atoms in total. The van der Waals surface area contributed by atoms with Crippen LogP contribution in [0.3, 0.4) is 0 Å². The van der Waals surface area contributed by atoms with E-state index in [9.17, 15) is 0 Å². The molecule has 1 radical (unpaired) electrons. The molecule has 0 fully saturated rings. The Bertz CT molecular complexity index is 2500. The first kappa shape index (κ1) is 38.3. The van der Waals surface area contributed by atoms with E-state index >= 15 is 0 Å². The Balaban J connectivity index is 0.000000269. The Morgan fingerprint density at radius 1 is 0.679 bits per heavy atom. The SMILES string of the molecule is Cc1c[c-]c(-c2ccc(C)cn2)cc1.Cc1cccc(C)c1-c1cc(-c2[c-]ccc3c2oc2c3ccc3sc(C(C)(C)C)nc32)ncc1C(C)(C)C.[Ir]. The molecule has 0 aliphatic heterocycles. The van der Waals surface area contributed by atoms with Crippen LogP contribution in [0.25, 0.3) is 65.8 Å². The van der Waals surface area contributed by atoms with Gasteiger partial charge in [-0.2, -0.15) is 0 Å². The standard InChI is InChI=1S/C34H33N2OS.C13H12N.Ir/c1-19-11-9-12-20(2)28(19)24-17-26(35-18-25(24)33(3,4)5)23-14-10-13-21-22-15-16-27-29(31(22)37-30(21)23)36-32(38-27)34(6,7)8;1-10-3-6-12(7-4-10)13-8-5-11(2)9-14-13;/h9-13,15-18H,1-8H3;3-6,8-9H,1-2H3;/q2*-1;. The zero-order chi connectivity index (χ0) is 36.9.